The number of morpholine rings is 1. The molecule has 0 amide bonds. The summed E-state index contributed by atoms with van der Waals surface area (Å²) in [5.41, 5.74) is 4.59. The fourth-order valence-corrected chi connectivity index (χ4v) is 4.32. The van der Waals surface area contributed by atoms with E-state index in [-0.39, 0.29) is 17.8 Å². The zero-order valence-corrected chi connectivity index (χ0v) is 18.3. The van der Waals surface area contributed by atoms with Crippen LogP contribution in [-0.4, -0.2) is 58.4 Å². The molecule has 2 aromatic heterocycles. The zero-order valence-electron chi connectivity index (χ0n) is 18.3. The first-order chi connectivity index (χ1) is 15.4. The maximum absolute atomic E-state index is 11.7. The van der Waals surface area contributed by atoms with Gasteiger partial charge in [-0.1, -0.05) is 6.07 Å². The van der Waals surface area contributed by atoms with E-state index >= 15 is 0 Å². The SMILES string of the molecule is Cc1cc([C@@H](C)Nc2ccc(C)nc2C(=O)O)c2nc3c(nc2c1)N1CCOC[C@H]1CO3. The van der Waals surface area contributed by atoms with Crippen LogP contribution in [0.5, 0.6) is 5.88 Å². The molecule has 9 nitrogen and oxygen atoms in total. The number of benzene rings is 1. The van der Waals surface area contributed by atoms with Gasteiger partial charge in [-0.15, -0.1) is 0 Å². The average molecular weight is 435 g/mol. The van der Waals surface area contributed by atoms with Gasteiger partial charge in [0.1, 0.15) is 6.61 Å². The van der Waals surface area contributed by atoms with Crippen molar-refractivity contribution >= 4 is 28.5 Å². The highest BCUT2D eigenvalue weighted by Gasteiger charge is 2.33. The van der Waals surface area contributed by atoms with E-state index in [1.165, 1.54) is 0 Å². The van der Waals surface area contributed by atoms with E-state index in [0.717, 1.165) is 34.5 Å². The van der Waals surface area contributed by atoms with Gasteiger partial charge in [-0.2, -0.15) is 0 Å². The van der Waals surface area contributed by atoms with Gasteiger partial charge >= 0.3 is 5.97 Å². The number of aromatic carboxylic acids is 1. The highest BCUT2D eigenvalue weighted by atomic mass is 16.5. The number of carboxylic acid groups (broad SMARTS) is 1. The molecular formula is C23H25N5O4. The van der Waals surface area contributed by atoms with E-state index in [0.29, 0.717) is 37.1 Å². The van der Waals surface area contributed by atoms with Crippen LogP contribution in [0.2, 0.25) is 0 Å². The fourth-order valence-electron chi connectivity index (χ4n) is 4.32. The molecular weight excluding hydrogens is 410 g/mol. The number of carbonyl (C=O) groups is 1. The van der Waals surface area contributed by atoms with E-state index in [9.17, 15) is 9.90 Å². The molecule has 0 unspecified atom stereocenters. The summed E-state index contributed by atoms with van der Waals surface area (Å²) in [5.74, 6) is 0.209. The van der Waals surface area contributed by atoms with Crippen LogP contribution < -0.4 is 15.0 Å². The molecule has 2 N–H and O–H groups in total. The van der Waals surface area contributed by atoms with Gasteiger partial charge < -0.3 is 24.8 Å². The Hall–Kier alpha value is -3.46. The first kappa shape index (κ1) is 20.4. The van der Waals surface area contributed by atoms with Gasteiger partial charge in [-0.05, 0) is 44.5 Å². The van der Waals surface area contributed by atoms with E-state index in [1.807, 2.05) is 26.0 Å². The lowest BCUT2D eigenvalue weighted by molar-refractivity contribution is 0.0684. The number of fused-ring (bicyclic) bond motifs is 4. The maximum atomic E-state index is 11.7. The van der Waals surface area contributed by atoms with Crippen molar-refractivity contribution < 1.29 is 19.4 Å². The van der Waals surface area contributed by atoms with Crippen molar-refractivity contribution in [3.8, 4) is 5.88 Å². The molecule has 0 radical (unpaired) electrons. The molecule has 2 aliphatic rings. The number of hydrogen-bond donors (Lipinski definition) is 2. The summed E-state index contributed by atoms with van der Waals surface area (Å²) >= 11 is 0. The van der Waals surface area contributed by atoms with Crippen molar-refractivity contribution in [1.82, 2.24) is 15.0 Å². The zero-order chi connectivity index (χ0) is 22.4. The summed E-state index contributed by atoms with van der Waals surface area (Å²) in [6, 6.07) is 7.51. The Morgan fingerprint density at radius 1 is 1.22 bits per heavy atom. The Morgan fingerprint density at radius 3 is 2.88 bits per heavy atom. The number of anilines is 2. The molecule has 0 spiro atoms. The minimum atomic E-state index is -1.07. The summed E-state index contributed by atoms with van der Waals surface area (Å²) in [6.07, 6.45) is 0. The predicted octanol–water partition coefficient (Wildman–Crippen LogP) is 3.11. The summed E-state index contributed by atoms with van der Waals surface area (Å²) in [5, 5.41) is 12.9. The second kappa shape index (κ2) is 7.90. The largest absolute Gasteiger partial charge is 0.476 e. The molecule has 3 aromatic rings. The van der Waals surface area contributed by atoms with Crippen LogP contribution in [0.3, 0.4) is 0 Å². The van der Waals surface area contributed by atoms with Crippen LogP contribution in [0.15, 0.2) is 24.3 Å². The molecule has 2 aliphatic heterocycles. The summed E-state index contributed by atoms with van der Waals surface area (Å²) in [6.45, 7) is 8.31. The third-order valence-electron chi connectivity index (χ3n) is 5.88. The van der Waals surface area contributed by atoms with Crippen molar-refractivity contribution in [2.24, 2.45) is 0 Å². The number of hydrogen-bond acceptors (Lipinski definition) is 8. The lowest BCUT2D eigenvalue weighted by Gasteiger charge is -2.39. The monoisotopic (exact) mass is 435 g/mol. The second-order valence-electron chi connectivity index (χ2n) is 8.33. The van der Waals surface area contributed by atoms with Gasteiger partial charge in [0, 0.05) is 17.8 Å². The first-order valence-electron chi connectivity index (χ1n) is 10.7. The van der Waals surface area contributed by atoms with E-state index < -0.39 is 5.97 Å². The molecule has 1 fully saturated rings. The van der Waals surface area contributed by atoms with Crippen LogP contribution in [0.1, 0.15) is 40.3 Å². The van der Waals surface area contributed by atoms with E-state index in [1.54, 1.807) is 19.1 Å². The van der Waals surface area contributed by atoms with Gasteiger partial charge in [0.25, 0.3) is 5.88 Å². The minimum absolute atomic E-state index is 0.000959. The fraction of sp³-hybridized carbons (Fsp3) is 0.391. The number of rotatable bonds is 4. The number of carboxylic acids is 1. The Morgan fingerprint density at radius 2 is 2.06 bits per heavy atom. The number of nitrogens with zero attached hydrogens (tertiary/aromatic N) is 4. The molecule has 1 aromatic carbocycles. The Labute approximate surface area is 185 Å². The molecule has 5 rings (SSSR count). The standard InChI is InChI=1S/C23H25N5O4/c1-12-8-16(14(3)25-17-5-4-13(2)24-20(17)23(29)30)19-18(9-12)26-21-22(27-19)32-11-15-10-31-7-6-28(15)21/h4-5,8-9,14-15,25H,6-7,10-11H2,1-3H3,(H,29,30)/t14-,15+/m1/s1. The second-order valence-corrected chi connectivity index (χ2v) is 8.33. The highest BCUT2D eigenvalue weighted by molar-refractivity contribution is 5.92. The van der Waals surface area contributed by atoms with Crippen LogP contribution in [0.25, 0.3) is 11.0 Å². The molecule has 1 saturated heterocycles. The van der Waals surface area contributed by atoms with Crippen molar-refractivity contribution in [3.63, 3.8) is 0 Å². The Kier molecular flexibility index (Phi) is 5.05. The molecule has 2 atom stereocenters. The smallest absolute Gasteiger partial charge is 0.356 e. The molecule has 32 heavy (non-hydrogen) atoms. The molecule has 0 aliphatic carbocycles. The summed E-state index contributed by atoms with van der Waals surface area (Å²) in [4.78, 5) is 27.8. The summed E-state index contributed by atoms with van der Waals surface area (Å²) < 4.78 is 11.5. The lowest BCUT2D eigenvalue weighted by atomic mass is 10.0. The third-order valence-corrected chi connectivity index (χ3v) is 5.88. The highest BCUT2D eigenvalue weighted by Crippen LogP contribution is 2.36. The molecule has 166 valence electrons. The van der Waals surface area contributed by atoms with Crippen LogP contribution in [-0.2, 0) is 4.74 Å². The van der Waals surface area contributed by atoms with Gasteiger partial charge in [-0.25, -0.2) is 19.7 Å². The molecule has 9 heteroatoms. The number of nitrogens with one attached hydrogen (secondary N) is 1. The predicted molar refractivity (Wildman–Crippen MR) is 120 cm³/mol. The maximum Gasteiger partial charge on any atom is 0.356 e. The van der Waals surface area contributed by atoms with Crippen molar-refractivity contribution in [2.75, 3.05) is 36.6 Å². The first-order valence-corrected chi connectivity index (χ1v) is 10.7. The average Bonchev–Trinajstić information content (AvgIpc) is 2.78. The number of aryl methyl sites for hydroxylation is 2. The van der Waals surface area contributed by atoms with Crippen LogP contribution >= 0.6 is 0 Å². The minimum Gasteiger partial charge on any atom is -0.476 e. The molecule has 0 saturated carbocycles. The van der Waals surface area contributed by atoms with E-state index in [4.69, 9.17) is 19.4 Å². The number of pyridine rings is 1. The van der Waals surface area contributed by atoms with Crippen LogP contribution in [0.4, 0.5) is 11.5 Å². The van der Waals surface area contributed by atoms with Gasteiger partial charge in [0.2, 0.25) is 0 Å². The van der Waals surface area contributed by atoms with Crippen molar-refractivity contribution in [3.05, 3.63) is 46.8 Å². The van der Waals surface area contributed by atoms with Gasteiger partial charge in [0.05, 0.1) is 42.0 Å². The quantitative estimate of drug-likeness (QED) is 0.639. The van der Waals surface area contributed by atoms with E-state index in [2.05, 4.69) is 15.2 Å². The lowest BCUT2D eigenvalue weighted by Crippen LogP contribution is -2.51. The van der Waals surface area contributed by atoms with Crippen molar-refractivity contribution in [2.45, 2.75) is 32.9 Å². The normalized spacial score (nSPS) is 18.5. The Balaban J connectivity index is 1.55. The van der Waals surface area contributed by atoms with Crippen molar-refractivity contribution in [1.29, 1.82) is 0 Å². The molecule has 0 bridgehead atoms. The molecule has 4 heterocycles. The Bertz CT molecular complexity index is 1210. The van der Waals surface area contributed by atoms with Gasteiger partial charge in [0.15, 0.2) is 11.5 Å². The number of ether oxygens (including phenoxy) is 2. The summed E-state index contributed by atoms with van der Waals surface area (Å²) in [7, 11) is 0. The topological polar surface area (TPSA) is 110 Å². The third kappa shape index (κ3) is 3.58. The van der Waals surface area contributed by atoms with Gasteiger partial charge in [-0.3, -0.25) is 0 Å². The number of aromatic nitrogens is 3. The van der Waals surface area contributed by atoms with Crippen LogP contribution in [0, 0.1) is 13.8 Å².